The summed E-state index contributed by atoms with van der Waals surface area (Å²) in [5, 5.41) is 6.11. The number of benzene rings is 2. The van der Waals surface area contributed by atoms with Gasteiger partial charge in [-0.1, -0.05) is 60.1 Å². The number of methoxy groups -OCH3 is 2. The topological polar surface area (TPSA) is 213 Å². The van der Waals surface area contributed by atoms with E-state index in [4.69, 9.17) is 18.9 Å². The number of aromatic nitrogens is 5. The summed E-state index contributed by atoms with van der Waals surface area (Å²) < 4.78 is 22.1. The summed E-state index contributed by atoms with van der Waals surface area (Å²) in [6.07, 6.45) is 6.89. The summed E-state index contributed by atoms with van der Waals surface area (Å²) in [5.41, 5.74) is 7.00. The molecule has 17 heteroatoms. The lowest BCUT2D eigenvalue weighted by atomic mass is 9.94. The molecule has 0 radical (unpaired) electrons. The highest BCUT2D eigenvalue weighted by atomic mass is 16.5. The van der Waals surface area contributed by atoms with Crippen LogP contribution >= 0.6 is 0 Å². The van der Waals surface area contributed by atoms with Crippen molar-refractivity contribution >= 4 is 34.9 Å². The number of fused-ring (bicyclic) bond motifs is 5. The number of likely N-dealkylation sites (tertiary alicyclic amines) is 2. The predicted molar refractivity (Wildman–Crippen MR) is 245 cm³/mol. The zero-order valence-corrected chi connectivity index (χ0v) is 38.2. The second-order valence-corrected chi connectivity index (χ2v) is 16.3. The van der Waals surface area contributed by atoms with Crippen LogP contribution in [0.4, 0.5) is 9.59 Å². The molecule has 4 atom stereocenters. The van der Waals surface area contributed by atoms with Crippen LogP contribution in [0.25, 0.3) is 44.7 Å². The molecule has 9 rings (SSSR count). The van der Waals surface area contributed by atoms with E-state index in [1.165, 1.54) is 20.6 Å². The summed E-state index contributed by atoms with van der Waals surface area (Å²) in [6.45, 7) is 13.0. The van der Waals surface area contributed by atoms with Crippen molar-refractivity contribution in [3.8, 4) is 39.5 Å². The number of aromatic amines is 3. The standard InChI is InChI=1S/C43H45N9O8.C3H8.C2H6/c1-22(2)36(50-43(56)58-4)41(54)52-15-13-31(52)40-45-19-28(48-40)23-10-12-27-26(17-23)35-37(47-27)25-11-9-24(18-33(25)60-38(35)32-8-6-16-59-32)29-20-44-39(49-29)30-7-5-14-51(30)34(53)21-46-42(55)57-3;1-3-2;1-2/h6,8-12,16-20,22,30-31,36,38,47H,5,7,13-15,21H2,1-4H3,(H,44,49)(H,45,48)(H,46,55)(H,50,56);3H2,1-2H3;1-2H3. The SMILES string of the molecule is CC.CCC.COC(=O)NCC(=O)N1CCCC1c1ncc(-c2ccc3c(c2)OC(c2ccco2)c2c-3[nH]c3ccc(-c4cnc(C5CCN5C(=O)C(NC(=O)OC)C(C)C)[nH]4)cc23)[nH]1. The van der Waals surface area contributed by atoms with Crippen LogP contribution in [0.3, 0.4) is 0 Å². The molecule has 2 fully saturated rings. The lowest BCUT2D eigenvalue weighted by Crippen LogP contribution is -2.56. The highest BCUT2D eigenvalue weighted by molar-refractivity contribution is 5.96. The highest BCUT2D eigenvalue weighted by Crippen LogP contribution is 2.49. The molecule has 0 bridgehead atoms. The van der Waals surface area contributed by atoms with Crippen LogP contribution in [-0.2, 0) is 19.1 Å². The molecule has 6 aromatic rings. The summed E-state index contributed by atoms with van der Waals surface area (Å²) in [6, 6.07) is 14.7. The Morgan fingerprint density at radius 2 is 1.51 bits per heavy atom. The van der Waals surface area contributed by atoms with Crippen LogP contribution in [0.2, 0.25) is 0 Å². The Labute approximate surface area is 378 Å². The maximum absolute atomic E-state index is 13.5. The van der Waals surface area contributed by atoms with E-state index in [1.807, 2.05) is 70.2 Å². The maximum atomic E-state index is 13.5. The number of ether oxygens (including phenoxy) is 3. The van der Waals surface area contributed by atoms with E-state index < -0.39 is 24.3 Å². The van der Waals surface area contributed by atoms with Crippen LogP contribution in [0, 0.1) is 5.92 Å². The highest BCUT2D eigenvalue weighted by Gasteiger charge is 2.40. The number of H-pyrrole nitrogens is 3. The first-order valence-corrected chi connectivity index (χ1v) is 22.4. The first-order chi connectivity index (χ1) is 31.5. The van der Waals surface area contributed by atoms with Gasteiger partial charge in [-0.25, -0.2) is 19.6 Å². The van der Waals surface area contributed by atoms with E-state index in [0.29, 0.717) is 36.2 Å². The van der Waals surface area contributed by atoms with E-state index in [0.717, 1.165) is 69.5 Å². The Hall–Kier alpha value is -7.04. The number of carbonyl (C=O) groups excluding carboxylic acids is 4. The lowest BCUT2D eigenvalue weighted by Gasteiger charge is -2.42. The minimum Gasteiger partial charge on any atom is -0.477 e. The van der Waals surface area contributed by atoms with E-state index in [2.05, 4.69) is 55.2 Å². The molecule has 5 N–H and O–H groups in total. The van der Waals surface area contributed by atoms with Gasteiger partial charge < -0.3 is 54.0 Å². The number of rotatable bonds is 10. The average molecular weight is 890 g/mol. The number of hydrogen-bond donors (Lipinski definition) is 5. The minimum atomic E-state index is -0.715. The third-order valence-electron chi connectivity index (χ3n) is 11.7. The molecule has 4 amide bonds. The van der Waals surface area contributed by atoms with Gasteiger partial charge in [0.1, 0.15) is 35.7 Å². The average Bonchev–Trinajstić information content (AvgIpc) is 4.17. The number of nitrogens with one attached hydrogen (secondary N) is 5. The molecule has 2 aromatic carbocycles. The van der Waals surface area contributed by atoms with Gasteiger partial charge >= 0.3 is 12.2 Å². The second kappa shape index (κ2) is 20.2. The van der Waals surface area contributed by atoms with Crippen LogP contribution in [-0.4, -0.2) is 98.6 Å². The number of nitrogens with zero attached hydrogens (tertiary/aromatic N) is 4. The third kappa shape index (κ3) is 9.31. The number of furan rings is 1. The van der Waals surface area contributed by atoms with Gasteiger partial charge in [0.2, 0.25) is 11.8 Å². The van der Waals surface area contributed by atoms with Gasteiger partial charge in [0.15, 0.2) is 6.10 Å². The molecule has 2 saturated heterocycles. The number of hydrogen-bond acceptors (Lipinski definition) is 10. The fraction of sp³-hybridized carbons (Fsp3) is 0.417. The van der Waals surface area contributed by atoms with E-state index in [9.17, 15) is 19.2 Å². The molecule has 344 valence electrons. The molecule has 0 aliphatic carbocycles. The van der Waals surface area contributed by atoms with E-state index in [-0.39, 0.29) is 36.4 Å². The van der Waals surface area contributed by atoms with Crippen LogP contribution in [0.1, 0.15) is 108 Å². The van der Waals surface area contributed by atoms with Crippen molar-refractivity contribution in [1.29, 1.82) is 0 Å². The quantitative estimate of drug-likeness (QED) is 0.0882. The molecule has 4 aromatic heterocycles. The monoisotopic (exact) mass is 889 g/mol. The first kappa shape index (κ1) is 46.0. The molecule has 0 saturated carbocycles. The van der Waals surface area contributed by atoms with Crippen molar-refractivity contribution in [2.45, 2.75) is 91.5 Å². The number of imidazole rings is 2. The Balaban J connectivity index is 0.00000121. The van der Waals surface area contributed by atoms with Crippen molar-refractivity contribution < 1.29 is 37.8 Å². The Morgan fingerprint density at radius 3 is 2.12 bits per heavy atom. The minimum absolute atomic E-state index is 0.130. The molecule has 7 heterocycles. The van der Waals surface area contributed by atoms with Crippen LogP contribution in [0.5, 0.6) is 5.75 Å². The van der Waals surface area contributed by atoms with Gasteiger partial charge in [-0.05, 0) is 61.6 Å². The molecule has 65 heavy (non-hydrogen) atoms. The third-order valence-corrected chi connectivity index (χ3v) is 11.7. The molecule has 0 spiro atoms. The summed E-state index contributed by atoms with van der Waals surface area (Å²) >= 11 is 0. The summed E-state index contributed by atoms with van der Waals surface area (Å²) in [7, 11) is 2.54. The molecule has 3 aliphatic rings. The largest absolute Gasteiger partial charge is 0.477 e. The number of carbonyl (C=O) groups is 4. The normalized spacial score (nSPS) is 17.6. The molecule has 4 unspecified atom stereocenters. The van der Waals surface area contributed by atoms with E-state index >= 15 is 0 Å². The van der Waals surface area contributed by atoms with Gasteiger partial charge in [0.05, 0.1) is 62.0 Å². The van der Waals surface area contributed by atoms with Crippen LogP contribution < -0.4 is 15.4 Å². The van der Waals surface area contributed by atoms with Gasteiger partial charge in [-0.15, -0.1) is 0 Å². The van der Waals surface area contributed by atoms with Gasteiger partial charge in [0.25, 0.3) is 0 Å². The maximum Gasteiger partial charge on any atom is 0.407 e. The summed E-state index contributed by atoms with van der Waals surface area (Å²) in [5.74, 6) is 2.15. The summed E-state index contributed by atoms with van der Waals surface area (Å²) in [4.78, 5) is 73.4. The first-order valence-electron chi connectivity index (χ1n) is 22.4. The number of amides is 4. The van der Waals surface area contributed by atoms with Crippen LogP contribution in [0.15, 0.2) is 71.6 Å². The zero-order chi connectivity index (χ0) is 46.4. The van der Waals surface area contributed by atoms with E-state index in [1.54, 1.807) is 28.5 Å². The van der Waals surface area contributed by atoms with Gasteiger partial charge in [-0.3, -0.25) is 9.59 Å². The Morgan fingerprint density at radius 1 is 0.846 bits per heavy atom. The number of alkyl carbamates (subject to hydrolysis) is 2. The predicted octanol–water partition coefficient (Wildman–Crippen LogP) is 8.81. The van der Waals surface area contributed by atoms with Crippen molar-refractivity contribution in [3.05, 3.63) is 90.2 Å². The zero-order valence-electron chi connectivity index (χ0n) is 38.2. The molecule has 3 aliphatic heterocycles. The van der Waals surface area contributed by atoms with Crippen molar-refractivity contribution in [3.63, 3.8) is 0 Å². The van der Waals surface area contributed by atoms with Crippen molar-refractivity contribution in [2.24, 2.45) is 5.92 Å². The molecular weight excluding hydrogens is 831 g/mol. The van der Waals surface area contributed by atoms with Crippen molar-refractivity contribution in [2.75, 3.05) is 33.9 Å². The van der Waals surface area contributed by atoms with Gasteiger partial charge in [0, 0.05) is 46.2 Å². The lowest BCUT2D eigenvalue weighted by molar-refractivity contribution is -0.142. The molecular formula is C48H59N9O8. The Bertz CT molecular complexity index is 2610. The van der Waals surface area contributed by atoms with Gasteiger partial charge in [-0.2, -0.15) is 0 Å². The second-order valence-electron chi connectivity index (χ2n) is 16.3. The fourth-order valence-electron chi connectivity index (χ4n) is 8.48. The Kier molecular flexibility index (Phi) is 14.3. The molecule has 17 nitrogen and oxygen atoms in total. The smallest absolute Gasteiger partial charge is 0.407 e. The fourth-order valence-corrected chi connectivity index (χ4v) is 8.48. The van der Waals surface area contributed by atoms with Crippen molar-refractivity contribution in [1.82, 2.24) is 45.4 Å².